The van der Waals surface area contributed by atoms with Crippen molar-refractivity contribution in [2.24, 2.45) is 0 Å². The quantitative estimate of drug-likeness (QED) is 0.318. The standard InChI is InChI=1S/C21H19F2N7O3/c22-18-7-6-17(13-19(18)23)29-20(24-25-26-29)14-27-9-11-28(12-10-27)21(31)8-3-15-1-4-16(5-2-15)30(32)33/h1-8,13H,9-12,14H2/b8-3-. The van der Waals surface area contributed by atoms with Crippen LogP contribution in [-0.2, 0) is 11.3 Å². The summed E-state index contributed by atoms with van der Waals surface area (Å²) in [5.74, 6) is -1.61. The molecule has 0 radical (unpaired) electrons. The van der Waals surface area contributed by atoms with E-state index in [1.54, 1.807) is 23.1 Å². The first-order chi connectivity index (χ1) is 15.9. The third kappa shape index (κ3) is 5.23. The van der Waals surface area contributed by atoms with Crippen molar-refractivity contribution in [1.29, 1.82) is 0 Å². The van der Waals surface area contributed by atoms with E-state index in [1.807, 2.05) is 0 Å². The summed E-state index contributed by atoms with van der Waals surface area (Å²) >= 11 is 0. The van der Waals surface area contributed by atoms with E-state index in [2.05, 4.69) is 20.4 Å². The van der Waals surface area contributed by atoms with Crippen molar-refractivity contribution in [2.75, 3.05) is 26.2 Å². The summed E-state index contributed by atoms with van der Waals surface area (Å²) < 4.78 is 28.1. The lowest BCUT2D eigenvalue weighted by Gasteiger charge is -2.33. The molecule has 0 spiro atoms. The summed E-state index contributed by atoms with van der Waals surface area (Å²) in [6, 6.07) is 9.38. The van der Waals surface area contributed by atoms with Crippen molar-refractivity contribution >= 4 is 17.7 Å². The van der Waals surface area contributed by atoms with E-state index in [0.717, 1.165) is 12.1 Å². The summed E-state index contributed by atoms with van der Waals surface area (Å²) in [7, 11) is 0. The Labute approximate surface area is 186 Å². The van der Waals surface area contributed by atoms with Crippen LogP contribution >= 0.6 is 0 Å². The highest BCUT2D eigenvalue weighted by molar-refractivity contribution is 5.91. The van der Waals surface area contributed by atoms with Gasteiger partial charge in [0, 0.05) is 50.5 Å². The van der Waals surface area contributed by atoms with Gasteiger partial charge in [0.2, 0.25) is 5.91 Å². The molecule has 0 N–H and O–H groups in total. The number of piperazine rings is 1. The smallest absolute Gasteiger partial charge is 0.269 e. The molecule has 33 heavy (non-hydrogen) atoms. The van der Waals surface area contributed by atoms with Crippen LogP contribution in [0, 0.1) is 21.7 Å². The van der Waals surface area contributed by atoms with Crippen LogP contribution < -0.4 is 0 Å². The minimum atomic E-state index is -0.983. The number of nitro benzene ring substituents is 1. The number of tetrazole rings is 1. The van der Waals surface area contributed by atoms with Crippen LogP contribution in [0.4, 0.5) is 14.5 Å². The van der Waals surface area contributed by atoms with Gasteiger partial charge in [-0.05, 0) is 46.3 Å². The van der Waals surface area contributed by atoms with Gasteiger partial charge in [0.25, 0.3) is 5.69 Å². The Morgan fingerprint density at radius 3 is 2.45 bits per heavy atom. The SMILES string of the molecule is O=C(/C=C\c1ccc([N+](=O)[O-])cc1)N1CCN(Cc2nnnn2-c2ccc(F)c(F)c2)CC1. The van der Waals surface area contributed by atoms with Crippen molar-refractivity contribution in [3.8, 4) is 5.69 Å². The summed E-state index contributed by atoms with van der Waals surface area (Å²) in [5.41, 5.74) is 1.00. The summed E-state index contributed by atoms with van der Waals surface area (Å²) in [6.45, 7) is 2.54. The van der Waals surface area contributed by atoms with Gasteiger partial charge in [-0.25, -0.2) is 8.78 Å². The number of hydrogen-bond donors (Lipinski definition) is 0. The fraction of sp³-hybridized carbons (Fsp3) is 0.238. The molecule has 1 aliphatic rings. The monoisotopic (exact) mass is 455 g/mol. The maximum absolute atomic E-state index is 13.6. The van der Waals surface area contributed by atoms with E-state index in [4.69, 9.17) is 0 Å². The predicted molar refractivity (Wildman–Crippen MR) is 113 cm³/mol. The summed E-state index contributed by atoms with van der Waals surface area (Å²) in [6.07, 6.45) is 3.06. The van der Waals surface area contributed by atoms with E-state index >= 15 is 0 Å². The van der Waals surface area contributed by atoms with Gasteiger partial charge in [-0.3, -0.25) is 19.8 Å². The lowest BCUT2D eigenvalue weighted by Crippen LogP contribution is -2.48. The number of aromatic nitrogens is 4. The van der Waals surface area contributed by atoms with Crippen molar-refractivity contribution in [3.05, 3.63) is 81.7 Å². The van der Waals surface area contributed by atoms with Crippen LogP contribution in [-0.4, -0.2) is 67.0 Å². The molecular weight excluding hydrogens is 436 g/mol. The number of hydrogen-bond acceptors (Lipinski definition) is 7. The van der Waals surface area contributed by atoms with Gasteiger partial charge >= 0.3 is 0 Å². The lowest BCUT2D eigenvalue weighted by molar-refractivity contribution is -0.384. The number of carbonyl (C=O) groups excluding carboxylic acids is 1. The van der Waals surface area contributed by atoms with Gasteiger partial charge in [0.1, 0.15) is 0 Å². The lowest BCUT2D eigenvalue weighted by atomic mass is 10.2. The molecule has 1 aliphatic heterocycles. The molecule has 0 bridgehead atoms. The Kier molecular flexibility index (Phi) is 6.45. The zero-order valence-corrected chi connectivity index (χ0v) is 17.3. The first kappa shape index (κ1) is 22.1. The molecule has 1 saturated heterocycles. The molecule has 0 saturated carbocycles. The molecule has 0 unspecified atom stereocenters. The molecule has 0 aliphatic carbocycles. The molecule has 12 heteroatoms. The number of non-ortho nitro benzene ring substituents is 1. The van der Waals surface area contributed by atoms with E-state index in [9.17, 15) is 23.7 Å². The molecule has 4 rings (SSSR count). The zero-order valence-electron chi connectivity index (χ0n) is 17.3. The topological polar surface area (TPSA) is 110 Å². The molecule has 0 atom stereocenters. The Morgan fingerprint density at radius 2 is 1.79 bits per heavy atom. The predicted octanol–water partition coefficient (Wildman–Crippen LogP) is 2.21. The van der Waals surface area contributed by atoms with Crippen LogP contribution in [0.1, 0.15) is 11.4 Å². The van der Waals surface area contributed by atoms with E-state index in [1.165, 1.54) is 29.0 Å². The maximum Gasteiger partial charge on any atom is 0.269 e. The van der Waals surface area contributed by atoms with Crippen LogP contribution in [0.5, 0.6) is 0 Å². The second kappa shape index (κ2) is 9.61. The molecule has 2 aromatic carbocycles. The second-order valence-electron chi connectivity index (χ2n) is 7.39. The van der Waals surface area contributed by atoms with Gasteiger partial charge in [0.15, 0.2) is 17.5 Å². The van der Waals surface area contributed by atoms with Crippen LogP contribution in [0.2, 0.25) is 0 Å². The van der Waals surface area contributed by atoms with Crippen LogP contribution in [0.3, 0.4) is 0 Å². The average Bonchev–Trinajstić information content (AvgIpc) is 3.28. The van der Waals surface area contributed by atoms with Gasteiger partial charge in [-0.2, -0.15) is 4.68 Å². The highest BCUT2D eigenvalue weighted by Crippen LogP contribution is 2.16. The van der Waals surface area contributed by atoms with Crippen molar-refractivity contribution < 1.29 is 18.5 Å². The van der Waals surface area contributed by atoms with Crippen LogP contribution in [0.15, 0.2) is 48.5 Å². The van der Waals surface area contributed by atoms with E-state index in [0.29, 0.717) is 49.8 Å². The highest BCUT2D eigenvalue weighted by atomic mass is 19.2. The largest absolute Gasteiger partial charge is 0.337 e. The Bertz CT molecular complexity index is 1190. The summed E-state index contributed by atoms with van der Waals surface area (Å²) in [4.78, 5) is 26.5. The average molecular weight is 455 g/mol. The van der Waals surface area contributed by atoms with Gasteiger partial charge in [0.05, 0.1) is 17.2 Å². The van der Waals surface area contributed by atoms with E-state index < -0.39 is 16.6 Å². The van der Waals surface area contributed by atoms with Gasteiger partial charge in [-0.15, -0.1) is 5.10 Å². The Balaban J connectivity index is 1.32. The number of carbonyl (C=O) groups is 1. The number of nitro groups is 1. The maximum atomic E-state index is 13.6. The Hall–Kier alpha value is -4.06. The minimum Gasteiger partial charge on any atom is -0.337 e. The van der Waals surface area contributed by atoms with Gasteiger partial charge in [-0.1, -0.05) is 0 Å². The molecular formula is C21H19F2N7O3. The molecule has 1 aromatic heterocycles. The van der Waals surface area contributed by atoms with Crippen molar-refractivity contribution in [1.82, 2.24) is 30.0 Å². The zero-order chi connectivity index (χ0) is 23.4. The molecule has 3 aromatic rings. The minimum absolute atomic E-state index is 0.00908. The third-order valence-electron chi connectivity index (χ3n) is 5.25. The van der Waals surface area contributed by atoms with Crippen LogP contribution in [0.25, 0.3) is 11.8 Å². The normalized spacial score (nSPS) is 14.7. The number of nitrogens with zero attached hydrogens (tertiary/aromatic N) is 7. The molecule has 1 fully saturated rings. The van der Waals surface area contributed by atoms with Crippen molar-refractivity contribution in [3.63, 3.8) is 0 Å². The number of benzene rings is 2. The van der Waals surface area contributed by atoms with Gasteiger partial charge < -0.3 is 4.90 Å². The fourth-order valence-electron chi connectivity index (χ4n) is 3.43. The van der Waals surface area contributed by atoms with E-state index in [-0.39, 0.29) is 11.6 Å². The number of rotatable bonds is 6. The second-order valence-corrected chi connectivity index (χ2v) is 7.39. The molecule has 170 valence electrons. The third-order valence-corrected chi connectivity index (χ3v) is 5.25. The number of amides is 1. The van der Waals surface area contributed by atoms with Crippen molar-refractivity contribution in [2.45, 2.75) is 6.54 Å². The molecule has 1 amide bonds. The summed E-state index contributed by atoms with van der Waals surface area (Å²) in [5, 5.41) is 22.2. The molecule has 10 nitrogen and oxygen atoms in total. The fourth-order valence-corrected chi connectivity index (χ4v) is 3.43. The first-order valence-corrected chi connectivity index (χ1v) is 10.1. The first-order valence-electron chi connectivity index (χ1n) is 10.1. The highest BCUT2D eigenvalue weighted by Gasteiger charge is 2.22. The Morgan fingerprint density at radius 1 is 1.06 bits per heavy atom. The number of halogens is 2. The molecule has 2 heterocycles.